The fourth-order valence-electron chi connectivity index (χ4n) is 3.47. The molecule has 0 aliphatic carbocycles. The summed E-state index contributed by atoms with van der Waals surface area (Å²) in [5, 5.41) is 0. The molecule has 0 radical (unpaired) electrons. The minimum atomic E-state index is 0.653. The van der Waals surface area contributed by atoms with Crippen LogP contribution < -0.4 is 4.74 Å². The molecule has 0 spiro atoms. The Bertz CT molecular complexity index is 435. The summed E-state index contributed by atoms with van der Waals surface area (Å²) in [6, 6.07) is 9.92. The Kier molecular flexibility index (Phi) is 3.76. The maximum atomic E-state index is 5.31. The highest BCUT2D eigenvalue weighted by Gasteiger charge is 2.34. The number of hydrogen-bond donors (Lipinski definition) is 0. The molecule has 0 unspecified atom stereocenters. The molecule has 2 atom stereocenters. The van der Waals surface area contributed by atoms with E-state index in [4.69, 9.17) is 4.74 Å². The van der Waals surface area contributed by atoms with Crippen molar-refractivity contribution in [3.05, 3.63) is 29.8 Å². The average molecular weight is 260 g/mol. The van der Waals surface area contributed by atoms with E-state index in [2.05, 4.69) is 34.9 Å². The molecule has 3 heteroatoms. The highest BCUT2D eigenvalue weighted by atomic mass is 16.5. The van der Waals surface area contributed by atoms with Crippen molar-refractivity contribution in [1.82, 2.24) is 9.80 Å². The van der Waals surface area contributed by atoms with Gasteiger partial charge in [-0.3, -0.25) is 9.80 Å². The van der Waals surface area contributed by atoms with Gasteiger partial charge in [-0.1, -0.05) is 12.1 Å². The number of methoxy groups -OCH3 is 1. The monoisotopic (exact) mass is 260 g/mol. The number of fused-ring (bicyclic) bond motifs is 1. The minimum absolute atomic E-state index is 0.653. The lowest BCUT2D eigenvalue weighted by Gasteiger charge is -2.42. The Balaban J connectivity index is 1.68. The van der Waals surface area contributed by atoms with E-state index >= 15 is 0 Å². The zero-order valence-electron chi connectivity index (χ0n) is 12.0. The number of nitrogens with zero attached hydrogens (tertiary/aromatic N) is 2. The van der Waals surface area contributed by atoms with Gasteiger partial charge >= 0.3 is 0 Å². The lowest BCUT2D eigenvalue weighted by Crippen LogP contribution is -2.54. The molecule has 2 aliphatic rings. The van der Waals surface area contributed by atoms with Gasteiger partial charge < -0.3 is 4.74 Å². The third kappa shape index (κ3) is 2.77. The van der Waals surface area contributed by atoms with Crippen molar-refractivity contribution in [2.45, 2.75) is 38.4 Å². The second kappa shape index (κ2) is 5.51. The Morgan fingerprint density at radius 3 is 3.05 bits per heavy atom. The van der Waals surface area contributed by atoms with Gasteiger partial charge in [-0.15, -0.1) is 0 Å². The summed E-state index contributed by atoms with van der Waals surface area (Å²) in [5.74, 6) is 0.963. The molecule has 2 saturated heterocycles. The molecular formula is C16H24N2O. The van der Waals surface area contributed by atoms with E-state index in [9.17, 15) is 0 Å². The second-order valence-electron chi connectivity index (χ2n) is 5.92. The summed E-state index contributed by atoms with van der Waals surface area (Å²) < 4.78 is 5.31. The normalized spacial score (nSPS) is 28.3. The Morgan fingerprint density at radius 2 is 2.21 bits per heavy atom. The molecule has 0 bridgehead atoms. The fourth-order valence-corrected chi connectivity index (χ4v) is 3.47. The molecule has 0 saturated carbocycles. The van der Waals surface area contributed by atoms with Gasteiger partial charge in [-0.25, -0.2) is 0 Å². The van der Waals surface area contributed by atoms with Gasteiger partial charge in [-0.2, -0.15) is 0 Å². The van der Waals surface area contributed by atoms with Gasteiger partial charge in [0.05, 0.1) is 7.11 Å². The van der Waals surface area contributed by atoms with E-state index < -0.39 is 0 Å². The lowest BCUT2D eigenvalue weighted by atomic mass is 10.1. The summed E-state index contributed by atoms with van der Waals surface area (Å²) in [7, 11) is 1.74. The van der Waals surface area contributed by atoms with Gasteiger partial charge in [0.25, 0.3) is 0 Å². The van der Waals surface area contributed by atoms with Crippen LogP contribution in [0.15, 0.2) is 24.3 Å². The molecule has 0 amide bonds. The van der Waals surface area contributed by atoms with Crippen LogP contribution in [-0.2, 0) is 6.54 Å². The Labute approximate surface area is 116 Å². The summed E-state index contributed by atoms with van der Waals surface area (Å²) in [5.41, 5.74) is 1.36. The van der Waals surface area contributed by atoms with Crippen LogP contribution >= 0.6 is 0 Å². The Hall–Kier alpha value is -1.06. The van der Waals surface area contributed by atoms with Crippen molar-refractivity contribution >= 4 is 0 Å². The first-order valence-corrected chi connectivity index (χ1v) is 7.37. The molecule has 3 rings (SSSR count). The number of hydrogen-bond acceptors (Lipinski definition) is 3. The predicted molar refractivity (Wildman–Crippen MR) is 77.5 cm³/mol. The van der Waals surface area contributed by atoms with Crippen molar-refractivity contribution in [1.29, 1.82) is 0 Å². The molecular weight excluding hydrogens is 236 g/mol. The fraction of sp³-hybridized carbons (Fsp3) is 0.625. The summed E-state index contributed by atoms with van der Waals surface area (Å²) in [6.45, 7) is 7.16. The van der Waals surface area contributed by atoms with Crippen molar-refractivity contribution in [2.75, 3.05) is 26.7 Å². The molecule has 19 heavy (non-hydrogen) atoms. The second-order valence-corrected chi connectivity index (χ2v) is 5.92. The summed E-state index contributed by atoms with van der Waals surface area (Å²) >= 11 is 0. The van der Waals surface area contributed by atoms with Crippen molar-refractivity contribution in [2.24, 2.45) is 0 Å². The van der Waals surface area contributed by atoms with Crippen LogP contribution in [0.4, 0.5) is 0 Å². The largest absolute Gasteiger partial charge is 0.497 e. The molecule has 1 aromatic rings. The lowest BCUT2D eigenvalue weighted by molar-refractivity contribution is 0.0540. The first-order chi connectivity index (χ1) is 9.26. The van der Waals surface area contributed by atoms with Crippen LogP contribution in [0.5, 0.6) is 5.75 Å². The van der Waals surface area contributed by atoms with Gasteiger partial charge in [-0.05, 0) is 44.0 Å². The minimum Gasteiger partial charge on any atom is -0.497 e. The highest BCUT2D eigenvalue weighted by molar-refractivity contribution is 5.28. The van der Waals surface area contributed by atoms with Crippen LogP contribution in [0.25, 0.3) is 0 Å². The molecule has 3 nitrogen and oxygen atoms in total. The summed E-state index contributed by atoms with van der Waals surface area (Å²) in [4.78, 5) is 5.30. The Morgan fingerprint density at radius 1 is 1.32 bits per heavy atom. The van der Waals surface area contributed by atoms with Crippen LogP contribution in [0, 0.1) is 0 Å². The quantitative estimate of drug-likeness (QED) is 0.830. The van der Waals surface area contributed by atoms with Crippen LogP contribution in [0.2, 0.25) is 0 Å². The standard InChI is InChI=1S/C16H24N2O/c1-13-10-17-8-4-6-15(17)12-18(13)11-14-5-3-7-16(9-14)19-2/h3,5,7,9,13,15H,4,6,8,10-12H2,1-2H3/t13-,15+/m1/s1. The van der Waals surface area contributed by atoms with Gasteiger partial charge in [0, 0.05) is 31.7 Å². The third-order valence-electron chi connectivity index (χ3n) is 4.59. The van der Waals surface area contributed by atoms with Crippen LogP contribution in [0.1, 0.15) is 25.3 Å². The number of piperazine rings is 1. The first kappa shape index (κ1) is 12.9. The van der Waals surface area contributed by atoms with E-state index in [-0.39, 0.29) is 0 Å². The number of ether oxygens (including phenoxy) is 1. The van der Waals surface area contributed by atoms with Crippen LogP contribution in [-0.4, -0.2) is 48.6 Å². The first-order valence-electron chi connectivity index (χ1n) is 7.37. The SMILES string of the molecule is COc1cccc(CN2C[C@@H]3CCCN3C[C@H]2C)c1. The summed E-state index contributed by atoms with van der Waals surface area (Å²) in [6.07, 6.45) is 2.76. The van der Waals surface area contributed by atoms with Gasteiger partial charge in [0.1, 0.15) is 5.75 Å². The smallest absolute Gasteiger partial charge is 0.119 e. The molecule has 0 aromatic heterocycles. The average Bonchev–Trinajstić information content (AvgIpc) is 2.86. The topological polar surface area (TPSA) is 15.7 Å². The number of rotatable bonds is 3. The van der Waals surface area contributed by atoms with E-state index in [1.807, 2.05) is 6.07 Å². The molecule has 2 fully saturated rings. The van der Waals surface area contributed by atoms with E-state index in [0.717, 1.165) is 18.3 Å². The van der Waals surface area contributed by atoms with Crippen molar-refractivity contribution < 1.29 is 4.74 Å². The molecule has 2 heterocycles. The zero-order valence-corrected chi connectivity index (χ0v) is 12.0. The van der Waals surface area contributed by atoms with Gasteiger partial charge in [0.2, 0.25) is 0 Å². The van der Waals surface area contributed by atoms with E-state index in [0.29, 0.717) is 6.04 Å². The zero-order chi connectivity index (χ0) is 13.2. The number of benzene rings is 1. The van der Waals surface area contributed by atoms with Crippen molar-refractivity contribution in [3.63, 3.8) is 0 Å². The maximum Gasteiger partial charge on any atom is 0.119 e. The predicted octanol–water partition coefficient (Wildman–Crippen LogP) is 2.36. The molecule has 104 valence electrons. The van der Waals surface area contributed by atoms with E-state index in [1.165, 1.54) is 38.0 Å². The molecule has 0 N–H and O–H groups in total. The van der Waals surface area contributed by atoms with Gasteiger partial charge in [0.15, 0.2) is 0 Å². The molecule has 1 aromatic carbocycles. The molecule has 2 aliphatic heterocycles. The van der Waals surface area contributed by atoms with E-state index in [1.54, 1.807) is 7.11 Å². The van der Waals surface area contributed by atoms with Crippen LogP contribution in [0.3, 0.4) is 0 Å². The van der Waals surface area contributed by atoms with Crippen molar-refractivity contribution in [3.8, 4) is 5.75 Å². The maximum absolute atomic E-state index is 5.31. The third-order valence-corrected chi connectivity index (χ3v) is 4.59. The highest BCUT2D eigenvalue weighted by Crippen LogP contribution is 2.26.